The second kappa shape index (κ2) is 9.73. The molecule has 1 saturated heterocycles. The molecule has 0 spiro atoms. The van der Waals surface area contributed by atoms with Crippen LogP contribution in [0.2, 0.25) is 0 Å². The van der Waals surface area contributed by atoms with Crippen molar-refractivity contribution in [1.29, 1.82) is 10.5 Å². The van der Waals surface area contributed by atoms with Crippen LogP contribution in [0.25, 0.3) is 0 Å². The van der Waals surface area contributed by atoms with Crippen molar-refractivity contribution >= 4 is 0 Å². The van der Waals surface area contributed by atoms with Crippen LogP contribution in [0, 0.1) is 22.7 Å². The average molecular weight is 342 g/mol. The molecule has 0 aromatic carbocycles. The molecule has 0 radical (unpaired) electrons. The summed E-state index contributed by atoms with van der Waals surface area (Å²) in [6.07, 6.45) is 0. The number of allylic oxidation sites excluding steroid dienone is 1. The van der Waals surface area contributed by atoms with Crippen LogP contribution in [-0.2, 0) is 13.1 Å². The number of nitrogens with zero attached hydrogens (tertiary/aromatic N) is 4. The topological polar surface area (TPSA) is 91.3 Å². The van der Waals surface area contributed by atoms with E-state index in [9.17, 15) is 0 Å². The van der Waals surface area contributed by atoms with E-state index < -0.39 is 0 Å². The lowest BCUT2D eigenvalue weighted by atomic mass is 10.3. The summed E-state index contributed by atoms with van der Waals surface area (Å²) in [6.45, 7) is 10.9. The molecule has 7 nitrogen and oxygen atoms in total. The molecule has 2 heterocycles. The van der Waals surface area contributed by atoms with Gasteiger partial charge < -0.3 is 20.0 Å². The Morgan fingerprint density at radius 1 is 1.28 bits per heavy atom. The summed E-state index contributed by atoms with van der Waals surface area (Å²) < 4.78 is 5.86. The number of rotatable bonds is 9. The minimum absolute atomic E-state index is 0.143. The largest absolute Gasteiger partial charge is 0.463 e. The Bertz CT molecular complexity index is 646. The quantitative estimate of drug-likeness (QED) is 0.517. The molecule has 7 heteroatoms. The summed E-state index contributed by atoms with van der Waals surface area (Å²) in [5.41, 5.74) is 0.143. The first-order valence-corrected chi connectivity index (χ1v) is 8.75. The van der Waals surface area contributed by atoms with Crippen LogP contribution in [0.5, 0.6) is 0 Å². The Hall–Kier alpha value is -2.48. The van der Waals surface area contributed by atoms with E-state index in [0.717, 1.165) is 57.3 Å². The monoisotopic (exact) mass is 342 g/mol. The van der Waals surface area contributed by atoms with Crippen LogP contribution < -0.4 is 10.6 Å². The third-order valence-corrected chi connectivity index (χ3v) is 4.30. The molecule has 0 amide bonds. The van der Waals surface area contributed by atoms with Gasteiger partial charge in [-0.05, 0) is 25.2 Å². The smallest absolute Gasteiger partial charge is 0.169 e. The van der Waals surface area contributed by atoms with Gasteiger partial charge in [0.25, 0.3) is 0 Å². The van der Waals surface area contributed by atoms with Crippen molar-refractivity contribution in [2.24, 2.45) is 0 Å². The molecule has 0 aliphatic carbocycles. The minimum atomic E-state index is 0.143. The van der Waals surface area contributed by atoms with Crippen molar-refractivity contribution in [2.75, 3.05) is 39.3 Å². The maximum atomic E-state index is 9.00. The average Bonchev–Trinajstić information content (AvgIpc) is 3.27. The maximum absolute atomic E-state index is 9.00. The minimum Gasteiger partial charge on any atom is -0.463 e. The van der Waals surface area contributed by atoms with Gasteiger partial charge in [-0.2, -0.15) is 10.5 Å². The molecule has 1 aromatic rings. The third kappa shape index (κ3) is 5.25. The van der Waals surface area contributed by atoms with Crippen molar-refractivity contribution < 1.29 is 4.42 Å². The van der Waals surface area contributed by atoms with E-state index in [1.807, 2.05) is 29.2 Å². The van der Waals surface area contributed by atoms with Crippen LogP contribution in [0.3, 0.4) is 0 Å². The summed E-state index contributed by atoms with van der Waals surface area (Å²) in [5.74, 6) is 2.56. The van der Waals surface area contributed by atoms with Gasteiger partial charge in [0.1, 0.15) is 29.5 Å². The fourth-order valence-electron chi connectivity index (χ4n) is 2.83. The molecule has 0 bridgehead atoms. The van der Waals surface area contributed by atoms with E-state index in [2.05, 4.69) is 29.4 Å². The Kier molecular flexibility index (Phi) is 7.34. The van der Waals surface area contributed by atoms with Crippen molar-refractivity contribution in [1.82, 2.24) is 20.4 Å². The summed E-state index contributed by atoms with van der Waals surface area (Å²) in [5, 5.41) is 24.5. The zero-order chi connectivity index (χ0) is 18.1. The van der Waals surface area contributed by atoms with Gasteiger partial charge in [-0.1, -0.05) is 13.8 Å². The summed E-state index contributed by atoms with van der Waals surface area (Å²) in [4.78, 5) is 4.34. The third-order valence-electron chi connectivity index (χ3n) is 4.30. The van der Waals surface area contributed by atoms with Gasteiger partial charge in [0.15, 0.2) is 5.57 Å². The van der Waals surface area contributed by atoms with Crippen molar-refractivity contribution in [3.05, 3.63) is 35.0 Å². The van der Waals surface area contributed by atoms with Gasteiger partial charge in [-0.25, -0.2) is 0 Å². The van der Waals surface area contributed by atoms with Gasteiger partial charge in [0, 0.05) is 26.2 Å². The predicted molar refractivity (Wildman–Crippen MR) is 94.9 cm³/mol. The summed E-state index contributed by atoms with van der Waals surface area (Å²) in [7, 11) is 0. The van der Waals surface area contributed by atoms with Crippen LogP contribution in [0.15, 0.2) is 27.9 Å². The van der Waals surface area contributed by atoms with Gasteiger partial charge in [-0.3, -0.25) is 4.90 Å². The lowest BCUT2D eigenvalue weighted by Gasteiger charge is -2.18. The van der Waals surface area contributed by atoms with Gasteiger partial charge in [-0.15, -0.1) is 0 Å². The lowest BCUT2D eigenvalue weighted by Crippen LogP contribution is -2.30. The number of nitrogens with one attached hydrogen (secondary N) is 2. The first kappa shape index (κ1) is 18.9. The van der Waals surface area contributed by atoms with E-state index in [1.54, 1.807) is 0 Å². The number of furan rings is 1. The molecule has 1 aliphatic rings. The van der Waals surface area contributed by atoms with Gasteiger partial charge in [0.05, 0.1) is 13.1 Å². The van der Waals surface area contributed by atoms with Crippen molar-refractivity contribution in [2.45, 2.75) is 26.9 Å². The molecule has 1 fully saturated rings. The zero-order valence-electron chi connectivity index (χ0n) is 15.0. The lowest BCUT2D eigenvalue weighted by molar-refractivity contribution is 0.264. The molecular formula is C18H26N6O. The normalized spacial score (nSPS) is 13.6. The maximum Gasteiger partial charge on any atom is 0.169 e. The first-order valence-electron chi connectivity index (χ1n) is 8.75. The zero-order valence-corrected chi connectivity index (χ0v) is 15.0. The Morgan fingerprint density at radius 2 is 2.00 bits per heavy atom. The Balaban J connectivity index is 1.77. The molecular weight excluding hydrogens is 316 g/mol. The van der Waals surface area contributed by atoms with Crippen LogP contribution in [0.1, 0.15) is 25.4 Å². The van der Waals surface area contributed by atoms with Gasteiger partial charge in [0.2, 0.25) is 0 Å². The molecule has 1 aromatic heterocycles. The molecule has 0 atom stereocenters. The highest BCUT2D eigenvalue weighted by Crippen LogP contribution is 2.12. The first-order chi connectivity index (χ1) is 12.2. The highest BCUT2D eigenvalue weighted by molar-refractivity contribution is 5.39. The molecule has 2 N–H and O–H groups in total. The van der Waals surface area contributed by atoms with E-state index >= 15 is 0 Å². The van der Waals surface area contributed by atoms with E-state index in [0.29, 0.717) is 12.4 Å². The van der Waals surface area contributed by atoms with Gasteiger partial charge >= 0.3 is 0 Å². The van der Waals surface area contributed by atoms with Crippen molar-refractivity contribution in [3.63, 3.8) is 0 Å². The summed E-state index contributed by atoms with van der Waals surface area (Å²) >= 11 is 0. The molecule has 1 aliphatic heterocycles. The molecule has 134 valence electrons. The van der Waals surface area contributed by atoms with Crippen molar-refractivity contribution in [3.8, 4) is 12.1 Å². The molecule has 0 unspecified atom stereocenters. The molecule has 25 heavy (non-hydrogen) atoms. The number of hydrogen-bond acceptors (Lipinski definition) is 7. The van der Waals surface area contributed by atoms with E-state index in [4.69, 9.17) is 14.9 Å². The van der Waals surface area contributed by atoms with E-state index in [-0.39, 0.29) is 5.57 Å². The fourth-order valence-corrected chi connectivity index (χ4v) is 2.83. The fraction of sp³-hybridized carbons (Fsp3) is 0.556. The van der Waals surface area contributed by atoms with Crippen LogP contribution in [-0.4, -0.2) is 49.1 Å². The van der Waals surface area contributed by atoms with E-state index in [1.165, 1.54) is 0 Å². The second-order valence-corrected chi connectivity index (χ2v) is 5.87. The summed E-state index contributed by atoms with van der Waals surface area (Å²) in [6, 6.07) is 7.93. The Morgan fingerprint density at radius 3 is 2.68 bits per heavy atom. The second-order valence-electron chi connectivity index (χ2n) is 5.87. The van der Waals surface area contributed by atoms with Crippen LogP contribution >= 0.6 is 0 Å². The number of hydrogen-bond donors (Lipinski definition) is 2. The predicted octanol–water partition coefficient (Wildman–Crippen LogP) is 1.37. The molecule has 2 rings (SSSR count). The van der Waals surface area contributed by atoms with Crippen LogP contribution in [0.4, 0.5) is 0 Å². The highest BCUT2D eigenvalue weighted by atomic mass is 16.3. The SMILES string of the molecule is CCN(CC)Cc1ccc(CNCCN2CCNC2=C(C#N)C#N)o1. The highest BCUT2D eigenvalue weighted by Gasteiger charge is 2.20. The number of nitriles is 2. The molecule has 0 saturated carbocycles. The Labute approximate surface area is 149 Å². The standard InChI is InChI=1S/C18H26N6O/c1-3-23(4-2)14-17-6-5-16(25-17)13-21-7-9-24-10-8-22-18(24)15(11-19)12-20/h5-6,21-22H,3-4,7-10,13-14H2,1-2H3.